The lowest BCUT2D eigenvalue weighted by atomic mass is 9.80. The fourth-order valence-corrected chi connectivity index (χ4v) is 5.52. The van der Waals surface area contributed by atoms with Crippen molar-refractivity contribution in [3.8, 4) is 0 Å². The average molecular weight is 502 g/mol. The number of carbonyl (C=O) groups is 1. The Kier molecular flexibility index (Phi) is 8.46. The maximum Gasteiger partial charge on any atom is 0.391 e. The van der Waals surface area contributed by atoms with Gasteiger partial charge in [0.15, 0.2) is 11.6 Å². The Hall–Kier alpha value is -2.01. The van der Waals surface area contributed by atoms with Crippen LogP contribution in [0.2, 0.25) is 0 Å². The van der Waals surface area contributed by atoms with Crippen LogP contribution in [-0.4, -0.2) is 77.3 Å². The second-order valence-corrected chi connectivity index (χ2v) is 10.3. The van der Waals surface area contributed by atoms with E-state index in [1.165, 1.54) is 6.33 Å². The van der Waals surface area contributed by atoms with E-state index in [9.17, 15) is 23.1 Å². The molecule has 4 rings (SSSR count). The van der Waals surface area contributed by atoms with Crippen molar-refractivity contribution in [3.63, 3.8) is 0 Å². The number of likely N-dealkylation sites (tertiary alicyclic amines) is 1. The Balaban J connectivity index is 1.39. The van der Waals surface area contributed by atoms with Gasteiger partial charge in [0, 0.05) is 31.6 Å². The van der Waals surface area contributed by atoms with Crippen molar-refractivity contribution in [1.82, 2.24) is 14.9 Å². The third kappa shape index (κ3) is 6.41. The van der Waals surface area contributed by atoms with Crippen LogP contribution in [0.3, 0.4) is 0 Å². The molecule has 7 nitrogen and oxygen atoms in total. The third-order valence-corrected chi connectivity index (χ3v) is 7.99. The zero-order valence-electron chi connectivity index (χ0n) is 19.9. The van der Waals surface area contributed by atoms with Crippen molar-refractivity contribution >= 4 is 17.9 Å². The minimum absolute atomic E-state index is 0.0719. The highest BCUT2D eigenvalue weighted by Gasteiger charge is 2.42. The van der Waals surface area contributed by atoms with E-state index in [2.05, 4.69) is 15.3 Å². The minimum Gasteiger partial charge on any atom is -0.391 e. The molecule has 1 aliphatic heterocycles. The molecule has 2 heterocycles. The van der Waals surface area contributed by atoms with Gasteiger partial charge >= 0.3 is 6.18 Å². The van der Waals surface area contributed by atoms with Crippen LogP contribution in [0.25, 0.3) is 0 Å². The Morgan fingerprint density at radius 2 is 1.89 bits per heavy atom. The SMILES string of the molecule is O=CCN1CCC(CNc2ncnc(N(CC3CCC(C(F)(F)F)CC3)C3CCC3)c2F)C(O)C1. The second-order valence-electron chi connectivity index (χ2n) is 10.3. The summed E-state index contributed by atoms with van der Waals surface area (Å²) in [6.45, 7) is 2.21. The molecule has 2 N–H and O–H groups in total. The molecule has 0 amide bonds. The van der Waals surface area contributed by atoms with E-state index in [4.69, 9.17) is 0 Å². The number of β-amino-alcohol motifs (C(OH)–C–C–N with tert-alkyl or cyclic N) is 1. The molecule has 3 aliphatic rings. The molecular weight excluding hydrogens is 466 g/mol. The van der Waals surface area contributed by atoms with Gasteiger partial charge in [-0.2, -0.15) is 17.6 Å². The zero-order chi connectivity index (χ0) is 25.0. The number of aliphatic hydroxyl groups excluding tert-OH is 1. The summed E-state index contributed by atoms with van der Waals surface area (Å²) in [7, 11) is 0. The molecule has 2 saturated carbocycles. The van der Waals surface area contributed by atoms with Gasteiger partial charge in [-0.15, -0.1) is 0 Å². The number of anilines is 2. The first kappa shape index (κ1) is 26.1. The first-order valence-corrected chi connectivity index (χ1v) is 12.7. The number of carbonyl (C=O) groups excluding carboxylic acids is 1. The van der Waals surface area contributed by atoms with E-state index in [-0.39, 0.29) is 48.9 Å². The van der Waals surface area contributed by atoms with Gasteiger partial charge < -0.3 is 20.1 Å². The van der Waals surface area contributed by atoms with E-state index < -0.39 is 24.0 Å². The van der Waals surface area contributed by atoms with Gasteiger partial charge in [0.25, 0.3) is 0 Å². The fraction of sp³-hybridized carbons (Fsp3) is 0.792. The smallest absolute Gasteiger partial charge is 0.391 e. The van der Waals surface area contributed by atoms with Gasteiger partial charge in [0.05, 0.1) is 18.6 Å². The number of aliphatic hydroxyl groups is 1. The number of aldehydes is 1. The van der Waals surface area contributed by atoms with E-state index in [0.29, 0.717) is 45.4 Å². The Bertz CT molecular complexity index is 846. The summed E-state index contributed by atoms with van der Waals surface area (Å²) >= 11 is 0. The average Bonchev–Trinajstić information content (AvgIpc) is 2.78. The number of nitrogens with zero attached hydrogens (tertiary/aromatic N) is 4. The van der Waals surface area contributed by atoms with Gasteiger partial charge in [-0.25, -0.2) is 9.97 Å². The monoisotopic (exact) mass is 501 g/mol. The molecule has 196 valence electrons. The lowest BCUT2D eigenvalue weighted by Crippen LogP contribution is -2.46. The van der Waals surface area contributed by atoms with Crippen molar-refractivity contribution < 1.29 is 27.5 Å². The van der Waals surface area contributed by atoms with Crippen LogP contribution in [0.1, 0.15) is 51.4 Å². The Morgan fingerprint density at radius 1 is 1.14 bits per heavy atom. The van der Waals surface area contributed by atoms with Gasteiger partial charge in [-0.3, -0.25) is 4.90 Å². The standard InChI is InChI=1S/C24H35F4N5O2/c25-21-22(29-12-17-8-9-32(10-11-34)14-20(17)35)30-15-31-23(21)33(19-2-1-3-19)13-16-4-6-18(7-5-16)24(26,27)28/h11,15-20,35H,1-10,12-14H2,(H,29,30,31). The molecule has 1 saturated heterocycles. The predicted molar refractivity (Wildman–Crippen MR) is 124 cm³/mol. The van der Waals surface area contributed by atoms with Gasteiger partial charge in [0.1, 0.15) is 12.6 Å². The molecule has 3 fully saturated rings. The lowest BCUT2D eigenvalue weighted by molar-refractivity contribution is -0.183. The van der Waals surface area contributed by atoms with Crippen molar-refractivity contribution in [2.75, 3.05) is 42.9 Å². The van der Waals surface area contributed by atoms with Crippen LogP contribution in [0.4, 0.5) is 29.2 Å². The van der Waals surface area contributed by atoms with Crippen molar-refractivity contribution in [2.45, 2.75) is 69.7 Å². The van der Waals surface area contributed by atoms with E-state index in [1.807, 2.05) is 9.80 Å². The highest BCUT2D eigenvalue weighted by atomic mass is 19.4. The maximum atomic E-state index is 15.5. The zero-order valence-corrected chi connectivity index (χ0v) is 19.9. The fourth-order valence-electron chi connectivity index (χ4n) is 5.52. The molecule has 35 heavy (non-hydrogen) atoms. The highest BCUT2D eigenvalue weighted by Crippen LogP contribution is 2.41. The summed E-state index contributed by atoms with van der Waals surface area (Å²) in [6, 6.07) is 0.136. The van der Waals surface area contributed by atoms with Crippen LogP contribution in [0.15, 0.2) is 6.33 Å². The maximum absolute atomic E-state index is 15.5. The van der Waals surface area contributed by atoms with Gasteiger partial charge in [0.2, 0.25) is 5.82 Å². The normalized spacial score (nSPS) is 28.4. The molecule has 2 unspecified atom stereocenters. The molecule has 0 radical (unpaired) electrons. The van der Waals surface area contributed by atoms with Crippen molar-refractivity contribution in [3.05, 3.63) is 12.1 Å². The highest BCUT2D eigenvalue weighted by molar-refractivity contribution is 5.52. The summed E-state index contributed by atoms with van der Waals surface area (Å²) in [4.78, 5) is 22.8. The molecule has 0 spiro atoms. The summed E-state index contributed by atoms with van der Waals surface area (Å²) in [5.41, 5.74) is 0. The van der Waals surface area contributed by atoms with Crippen molar-refractivity contribution in [1.29, 1.82) is 0 Å². The molecule has 11 heteroatoms. The molecule has 0 aromatic carbocycles. The van der Waals surface area contributed by atoms with Crippen LogP contribution in [0, 0.1) is 23.6 Å². The van der Waals surface area contributed by atoms with Gasteiger partial charge in [-0.1, -0.05) is 0 Å². The predicted octanol–water partition coefficient (Wildman–Crippen LogP) is 3.64. The summed E-state index contributed by atoms with van der Waals surface area (Å²) in [5.74, 6) is -1.54. The van der Waals surface area contributed by atoms with Crippen LogP contribution in [-0.2, 0) is 4.79 Å². The topological polar surface area (TPSA) is 81.6 Å². The minimum atomic E-state index is -4.14. The van der Waals surface area contributed by atoms with E-state index in [0.717, 1.165) is 25.5 Å². The van der Waals surface area contributed by atoms with Crippen LogP contribution in [0.5, 0.6) is 0 Å². The quantitative estimate of drug-likeness (QED) is 0.395. The number of halogens is 4. The van der Waals surface area contributed by atoms with Gasteiger partial charge in [-0.05, 0) is 63.8 Å². The van der Waals surface area contributed by atoms with Crippen LogP contribution < -0.4 is 10.2 Å². The van der Waals surface area contributed by atoms with E-state index in [1.54, 1.807) is 0 Å². The number of aromatic nitrogens is 2. The summed E-state index contributed by atoms with van der Waals surface area (Å²) in [5, 5.41) is 13.4. The molecule has 0 bridgehead atoms. The van der Waals surface area contributed by atoms with E-state index >= 15 is 4.39 Å². The first-order valence-electron chi connectivity index (χ1n) is 12.7. The van der Waals surface area contributed by atoms with Crippen molar-refractivity contribution in [2.24, 2.45) is 17.8 Å². The first-order chi connectivity index (χ1) is 16.8. The Morgan fingerprint density at radius 3 is 2.49 bits per heavy atom. The number of hydrogen-bond donors (Lipinski definition) is 2. The molecule has 2 atom stereocenters. The Labute approximate surface area is 203 Å². The molecular formula is C24H35F4N5O2. The molecule has 1 aromatic heterocycles. The lowest BCUT2D eigenvalue weighted by Gasteiger charge is -2.42. The number of rotatable bonds is 9. The number of piperidine rings is 1. The number of alkyl halides is 3. The largest absolute Gasteiger partial charge is 0.391 e. The van der Waals surface area contributed by atoms with Crippen LogP contribution >= 0.6 is 0 Å². The summed E-state index contributed by atoms with van der Waals surface area (Å²) in [6.07, 6.45) is 2.12. The number of hydrogen-bond acceptors (Lipinski definition) is 7. The molecule has 1 aromatic rings. The summed E-state index contributed by atoms with van der Waals surface area (Å²) < 4.78 is 54.7. The molecule has 2 aliphatic carbocycles. The second kappa shape index (κ2) is 11.4. The number of nitrogens with one attached hydrogen (secondary N) is 1. The third-order valence-electron chi connectivity index (χ3n) is 7.99.